The van der Waals surface area contributed by atoms with Crippen molar-refractivity contribution in [1.29, 1.82) is 0 Å². The molecule has 30 heavy (non-hydrogen) atoms. The average molecular weight is 436 g/mol. The second-order valence-electron chi connectivity index (χ2n) is 7.47. The molecular formula is C22H27ClFN3O3. The summed E-state index contributed by atoms with van der Waals surface area (Å²) in [7, 11) is 0. The van der Waals surface area contributed by atoms with Gasteiger partial charge in [0, 0.05) is 37.1 Å². The molecule has 1 aliphatic heterocycles. The molecule has 3 N–H and O–H groups in total. The highest BCUT2D eigenvalue weighted by atomic mass is 35.5. The van der Waals surface area contributed by atoms with E-state index in [1.165, 1.54) is 30.7 Å². The van der Waals surface area contributed by atoms with Gasteiger partial charge in [0.1, 0.15) is 24.3 Å². The van der Waals surface area contributed by atoms with Gasteiger partial charge in [0.2, 0.25) is 5.91 Å². The summed E-state index contributed by atoms with van der Waals surface area (Å²) in [6.45, 7) is 2.55. The Hall–Kier alpha value is -2.19. The lowest BCUT2D eigenvalue weighted by atomic mass is 10.0. The molecule has 8 heteroatoms. The average Bonchev–Trinajstić information content (AvgIpc) is 3.15. The summed E-state index contributed by atoms with van der Waals surface area (Å²) < 4.78 is 19.1. The van der Waals surface area contributed by atoms with Crippen LogP contribution in [-0.2, 0) is 11.2 Å². The van der Waals surface area contributed by atoms with Gasteiger partial charge in [-0.3, -0.25) is 10.2 Å². The van der Waals surface area contributed by atoms with E-state index in [0.29, 0.717) is 18.3 Å². The number of aliphatic hydroxyl groups is 1. The summed E-state index contributed by atoms with van der Waals surface area (Å²) in [5.41, 5.74) is 4.88. The summed E-state index contributed by atoms with van der Waals surface area (Å²) in [6, 6.07) is 12.1. The first-order valence-electron chi connectivity index (χ1n) is 10.0. The smallest absolute Gasteiger partial charge is 0.221 e. The van der Waals surface area contributed by atoms with E-state index in [4.69, 9.17) is 16.3 Å². The van der Waals surface area contributed by atoms with Gasteiger partial charge in [-0.15, -0.1) is 0 Å². The number of amides is 1. The minimum atomic E-state index is -0.796. The van der Waals surface area contributed by atoms with Crippen molar-refractivity contribution >= 4 is 23.2 Å². The highest BCUT2D eigenvalue weighted by molar-refractivity contribution is 6.30. The second-order valence-corrected chi connectivity index (χ2v) is 7.91. The quantitative estimate of drug-likeness (QED) is 0.563. The molecule has 2 aromatic rings. The van der Waals surface area contributed by atoms with Gasteiger partial charge >= 0.3 is 0 Å². The van der Waals surface area contributed by atoms with Crippen LogP contribution in [0.1, 0.15) is 25.3 Å². The maximum Gasteiger partial charge on any atom is 0.221 e. The van der Waals surface area contributed by atoms with Crippen LogP contribution in [-0.4, -0.2) is 47.9 Å². The van der Waals surface area contributed by atoms with Gasteiger partial charge in [-0.1, -0.05) is 23.7 Å². The molecule has 0 spiro atoms. The maximum absolute atomic E-state index is 13.5. The van der Waals surface area contributed by atoms with Crippen molar-refractivity contribution in [1.82, 2.24) is 10.4 Å². The number of hydrogen-bond acceptors (Lipinski definition) is 5. The van der Waals surface area contributed by atoms with E-state index in [1.807, 2.05) is 24.3 Å². The predicted molar refractivity (Wildman–Crippen MR) is 115 cm³/mol. The van der Waals surface area contributed by atoms with E-state index in [2.05, 4.69) is 15.8 Å². The topological polar surface area (TPSA) is 73.8 Å². The fourth-order valence-electron chi connectivity index (χ4n) is 3.52. The zero-order chi connectivity index (χ0) is 21.5. The van der Waals surface area contributed by atoms with E-state index in [9.17, 15) is 14.3 Å². The van der Waals surface area contributed by atoms with Crippen LogP contribution in [0.3, 0.4) is 0 Å². The summed E-state index contributed by atoms with van der Waals surface area (Å²) in [4.78, 5) is 11.3. The molecule has 3 rings (SSSR count). The number of carbonyl (C=O) groups excluding carboxylic acids is 1. The molecule has 162 valence electrons. The third-order valence-corrected chi connectivity index (χ3v) is 5.23. The first kappa shape index (κ1) is 22.5. The number of carbonyl (C=O) groups is 1. The molecule has 1 heterocycles. The minimum absolute atomic E-state index is 0.0290. The zero-order valence-electron chi connectivity index (χ0n) is 16.9. The molecule has 0 saturated carbocycles. The van der Waals surface area contributed by atoms with Gasteiger partial charge < -0.3 is 15.2 Å². The van der Waals surface area contributed by atoms with Crippen LogP contribution in [0.25, 0.3) is 0 Å². The van der Waals surface area contributed by atoms with E-state index >= 15 is 0 Å². The molecular weight excluding hydrogens is 409 g/mol. The SMILES string of the molecule is CC(=O)Nc1ccc(F)cc1OC[C@@H](O)CNN1CCCC1Cc1ccc(Cl)cc1. The van der Waals surface area contributed by atoms with Crippen molar-refractivity contribution in [3.05, 3.63) is 58.9 Å². The van der Waals surface area contributed by atoms with Crippen molar-refractivity contribution < 1.29 is 19.0 Å². The van der Waals surface area contributed by atoms with Gasteiger partial charge in [0.05, 0.1) is 5.69 Å². The molecule has 6 nitrogen and oxygen atoms in total. The highest BCUT2D eigenvalue weighted by Gasteiger charge is 2.25. The van der Waals surface area contributed by atoms with Gasteiger partial charge in [0.15, 0.2) is 0 Å². The van der Waals surface area contributed by atoms with Gasteiger partial charge in [-0.05, 0) is 49.1 Å². The van der Waals surface area contributed by atoms with Crippen molar-refractivity contribution in [3.63, 3.8) is 0 Å². The standard InChI is InChI=1S/C22H27ClFN3O3/c1-15(28)26-21-9-8-18(24)12-22(21)30-14-20(29)13-25-27-10-2-3-19(27)11-16-4-6-17(23)7-5-16/h4-9,12,19-20,25,29H,2-3,10-11,13-14H2,1H3,(H,26,28)/t19?,20-/m0/s1. The number of hydrogen-bond donors (Lipinski definition) is 3. The third-order valence-electron chi connectivity index (χ3n) is 4.98. The number of ether oxygens (including phenoxy) is 1. The fraction of sp³-hybridized carbons (Fsp3) is 0.409. The maximum atomic E-state index is 13.5. The lowest BCUT2D eigenvalue weighted by molar-refractivity contribution is -0.114. The van der Waals surface area contributed by atoms with Crippen LogP contribution in [0, 0.1) is 5.82 Å². The monoisotopic (exact) mass is 435 g/mol. The second kappa shape index (κ2) is 10.7. The molecule has 0 bridgehead atoms. The Balaban J connectivity index is 1.48. The summed E-state index contributed by atoms with van der Waals surface area (Å²) in [5.74, 6) is -0.575. The van der Waals surface area contributed by atoms with Crippen LogP contribution >= 0.6 is 11.6 Å². The fourth-order valence-corrected chi connectivity index (χ4v) is 3.65. The number of hydrazine groups is 1. The Morgan fingerprint density at radius 3 is 2.83 bits per heavy atom. The molecule has 1 amide bonds. The lowest BCUT2D eigenvalue weighted by Gasteiger charge is -2.27. The Bertz CT molecular complexity index is 850. The van der Waals surface area contributed by atoms with Crippen molar-refractivity contribution in [2.24, 2.45) is 0 Å². The Labute approximate surface area is 180 Å². The highest BCUT2D eigenvalue weighted by Crippen LogP contribution is 2.25. The zero-order valence-corrected chi connectivity index (χ0v) is 17.7. The molecule has 0 radical (unpaired) electrons. The number of rotatable bonds is 9. The number of aliphatic hydroxyl groups excluding tert-OH is 1. The molecule has 0 aromatic heterocycles. The van der Waals surface area contributed by atoms with Crippen LogP contribution in [0.15, 0.2) is 42.5 Å². The molecule has 1 fully saturated rings. The van der Waals surface area contributed by atoms with Crippen LogP contribution in [0.5, 0.6) is 5.75 Å². The largest absolute Gasteiger partial charge is 0.489 e. The summed E-state index contributed by atoms with van der Waals surface area (Å²) >= 11 is 5.95. The van der Waals surface area contributed by atoms with Crippen molar-refractivity contribution in [3.8, 4) is 5.75 Å². The normalized spacial score (nSPS) is 17.7. The number of anilines is 1. The summed E-state index contributed by atoms with van der Waals surface area (Å²) in [6.07, 6.45) is 2.27. The molecule has 0 aliphatic carbocycles. The van der Waals surface area contributed by atoms with Crippen LogP contribution in [0.2, 0.25) is 5.02 Å². The van der Waals surface area contributed by atoms with E-state index in [0.717, 1.165) is 30.8 Å². The lowest BCUT2D eigenvalue weighted by Crippen LogP contribution is -2.46. The number of nitrogens with zero attached hydrogens (tertiary/aromatic N) is 1. The molecule has 1 saturated heterocycles. The first-order chi connectivity index (χ1) is 14.4. The molecule has 2 atom stereocenters. The van der Waals surface area contributed by atoms with E-state index in [-0.39, 0.29) is 18.3 Å². The van der Waals surface area contributed by atoms with Gasteiger partial charge in [0.25, 0.3) is 0 Å². The predicted octanol–water partition coefficient (Wildman–Crippen LogP) is 3.39. The van der Waals surface area contributed by atoms with E-state index in [1.54, 1.807) is 0 Å². The van der Waals surface area contributed by atoms with Crippen LogP contribution in [0.4, 0.5) is 10.1 Å². The number of nitrogens with one attached hydrogen (secondary N) is 2. The molecule has 2 aromatic carbocycles. The molecule has 1 aliphatic rings. The Kier molecular flexibility index (Phi) is 8.04. The van der Waals surface area contributed by atoms with Gasteiger partial charge in [-0.2, -0.15) is 0 Å². The third kappa shape index (κ3) is 6.67. The van der Waals surface area contributed by atoms with E-state index < -0.39 is 11.9 Å². The summed E-state index contributed by atoms with van der Waals surface area (Å²) in [5, 5.41) is 15.8. The van der Waals surface area contributed by atoms with Crippen molar-refractivity contribution in [2.45, 2.75) is 38.3 Å². The van der Waals surface area contributed by atoms with Gasteiger partial charge in [-0.25, -0.2) is 9.40 Å². The first-order valence-corrected chi connectivity index (χ1v) is 10.4. The Morgan fingerprint density at radius 2 is 2.10 bits per heavy atom. The number of halogens is 2. The number of benzene rings is 2. The Morgan fingerprint density at radius 1 is 1.33 bits per heavy atom. The van der Waals surface area contributed by atoms with Crippen molar-refractivity contribution in [2.75, 3.05) is 25.0 Å². The molecule has 1 unspecified atom stereocenters. The minimum Gasteiger partial charge on any atom is -0.489 e. The van der Waals surface area contributed by atoms with Crippen LogP contribution < -0.4 is 15.5 Å².